The maximum Gasteiger partial charge on any atom is 0.223 e. The molecule has 4 heteroatoms. The third-order valence-corrected chi connectivity index (χ3v) is 2.15. The summed E-state index contributed by atoms with van der Waals surface area (Å²) >= 11 is 0. The summed E-state index contributed by atoms with van der Waals surface area (Å²) in [5.74, 6) is 1.25. The molecule has 0 radical (unpaired) electrons. The van der Waals surface area contributed by atoms with Crippen LogP contribution in [0, 0.1) is 0 Å². The Morgan fingerprint density at radius 2 is 2.00 bits per heavy atom. The summed E-state index contributed by atoms with van der Waals surface area (Å²) in [5, 5.41) is 4.35. The van der Waals surface area contributed by atoms with E-state index in [9.17, 15) is 0 Å². The second-order valence-electron chi connectivity index (χ2n) is 3.38. The van der Waals surface area contributed by atoms with Crippen LogP contribution >= 0.6 is 0 Å². The van der Waals surface area contributed by atoms with Gasteiger partial charge in [-0.25, -0.2) is 0 Å². The van der Waals surface area contributed by atoms with E-state index in [1.165, 1.54) is 0 Å². The van der Waals surface area contributed by atoms with Crippen molar-refractivity contribution in [2.24, 2.45) is 0 Å². The molecule has 0 spiro atoms. The second kappa shape index (κ2) is 4.13. The zero-order chi connectivity index (χ0) is 10.7. The van der Waals surface area contributed by atoms with E-state index in [1.807, 2.05) is 30.3 Å². The van der Waals surface area contributed by atoms with Crippen LogP contribution in [0.1, 0.15) is 19.2 Å². The van der Waals surface area contributed by atoms with E-state index in [-0.39, 0.29) is 0 Å². The molecule has 0 amide bonds. The highest BCUT2D eigenvalue weighted by atomic mass is 15.4. The summed E-state index contributed by atoms with van der Waals surface area (Å²) in [4.78, 5) is 4.21. The van der Waals surface area contributed by atoms with E-state index in [0.29, 0.717) is 5.95 Å². The summed E-state index contributed by atoms with van der Waals surface area (Å²) in [5.41, 5.74) is 6.74. The van der Waals surface area contributed by atoms with Crippen molar-refractivity contribution in [3.63, 3.8) is 0 Å². The normalized spacial score (nSPS) is 10.5. The van der Waals surface area contributed by atoms with Gasteiger partial charge in [-0.2, -0.15) is 9.67 Å². The molecule has 4 nitrogen and oxygen atoms in total. The maximum atomic E-state index is 5.79. The van der Waals surface area contributed by atoms with Gasteiger partial charge in [-0.1, -0.05) is 25.1 Å². The van der Waals surface area contributed by atoms with E-state index in [0.717, 1.165) is 24.4 Å². The van der Waals surface area contributed by atoms with Crippen molar-refractivity contribution in [2.45, 2.75) is 19.8 Å². The van der Waals surface area contributed by atoms with Gasteiger partial charge in [0.25, 0.3) is 0 Å². The molecule has 0 unspecified atom stereocenters. The van der Waals surface area contributed by atoms with Crippen LogP contribution in [0.4, 0.5) is 5.95 Å². The minimum atomic E-state index is 0.449. The van der Waals surface area contributed by atoms with Crippen molar-refractivity contribution in [3.8, 4) is 5.69 Å². The van der Waals surface area contributed by atoms with Crippen molar-refractivity contribution >= 4 is 5.95 Å². The maximum absolute atomic E-state index is 5.79. The third kappa shape index (κ3) is 1.98. The summed E-state index contributed by atoms with van der Waals surface area (Å²) in [6.45, 7) is 2.10. The lowest BCUT2D eigenvalue weighted by Crippen LogP contribution is -2.01. The molecule has 0 saturated heterocycles. The largest absolute Gasteiger partial charge is 0.368 e. The first-order chi connectivity index (χ1) is 7.31. The minimum Gasteiger partial charge on any atom is -0.368 e. The van der Waals surface area contributed by atoms with Gasteiger partial charge in [-0.15, -0.1) is 5.10 Å². The van der Waals surface area contributed by atoms with Crippen molar-refractivity contribution < 1.29 is 0 Å². The van der Waals surface area contributed by atoms with Gasteiger partial charge in [0, 0.05) is 6.42 Å². The van der Waals surface area contributed by atoms with Crippen LogP contribution < -0.4 is 5.73 Å². The molecule has 1 heterocycles. The topological polar surface area (TPSA) is 56.7 Å². The van der Waals surface area contributed by atoms with E-state index >= 15 is 0 Å². The Morgan fingerprint density at radius 3 is 2.67 bits per heavy atom. The first-order valence-corrected chi connectivity index (χ1v) is 5.08. The molecule has 2 rings (SSSR count). The predicted molar refractivity (Wildman–Crippen MR) is 59.8 cm³/mol. The highest BCUT2D eigenvalue weighted by molar-refractivity contribution is 5.37. The van der Waals surface area contributed by atoms with Gasteiger partial charge in [0.05, 0.1) is 5.69 Å². The van der Waals surface area contributed by atoms with Gasteiger partial charge < -0.3 is 5.73 Å². The van der Waals surface area contributed by atoms with Crippen molar-refractivity contribution in [2.75, 3.05) is 5.73 Å². The van der Waals surface area contributed by atoms with Crippen LogP contribution in [0.25, 0.3) is 5.69 Å². The van der Waals surface area contributed by atoms with Crippen molar-refractivity contribution in [1.29, 1.82) is 0 Å². The number of hydrogen-bond donors (Lipinski definition) is 1. The van der Waals surface area contributed by atoms with E-state index in [4.69, 9.17) is 5.73 Å². The van der Waals surface area contributed by atoms with Gasteiger partial charge in [-0.05, 0) is 18.6 Å². The van der Waals surface area contributed by atoms with Gasteiger partial charge in [-0.3, -0.25) is 0 Å². The van der Waals surface area contributed by atoms with Gasteiger partial charge in [0.15, 0.2) is 5.82 Å². The molecule has 0 atom stereocenters. The van der Waals surface area contributed by atoms with E-state index in [1.54, 1.807) is 4.68 Å². The van der Waals surface area contributed by atoms with Crippen LogP contribution in [0.15, 0.2) is 30.3 Å². The molecule has 0 fully saturated rings. The first-order valence-electron chi connectivity index (χ1n) is 5.08. The number of anilines is 1. The highest BCUT2D eigenvalue weighted by Gasteiger charge is 2.06. The number of nitrogens with zero attached hydrogens (tertiary/aromatic N) is 3. The lowest BCUT2D eigenvalue weighted by Gasteiger charge is -2.00. The summed E-state index contributed by atoms with van der Waals surface area (Å²) in [7, 11) is 0. The number of nitrogens with two attached hydrogens (primary N) is 1. The lowest BCUT2D eigenvalue weighted by molar-refractivity contribution is 0.801. The Morgan fingerprint density at radius 1 is 1.27 bits per heavy atom. The SMILES string of the molecule is CCCc1nc(N)n(-c2ccccc2)n1. The average Bonchev–Trinajstić information content (AvgIpc) is 2.61. The Kier molecular flexibility index (Phi) is 2.67. The van der Waals surface area contributed by atoms with Gasteiger partial charge >= 0.3 is 0 Å². The van der Waals surface area contributed by atoms with Crippen LogP contribution in [0.5, 0.6) is 0 Å². The molecule has 78 valence electrons. The van der Waals surface area contributed by atoms with Crippen LogP contribution in [-0.2, 0) is 6.42 Å². The van der Waals surface area contributed by atoms with Gasteiger partial charge in [0.2, 0.25) is 5.95 Å². The Labute approximate surface area is 88.8 Å². The Hall–Kier alpha value is -1.84. The number of aryl methyl sites for hydroxylation is 1. The van der Waals surface area contributed by atoms with E-state index in [2.05, 4.69) is 17.0 Å². The van der Waals surface area contributed by atoms with Crippen molar-refractivity contribution in [3.05, 3.63) is 36.2 Å². The highest BCUT2D eigenvalue weighted by Crippen LogP contribution is 2.11. The fourth-order valence-electron chi connectivity index (χ4n) is 1.46. The molecule has 0 aliphatic carbocycles. The molecule has 15 heavy (non-hydrogen) atoms. The number of nitrogen functional groups attached to an aromatic ring is 1. The first kappa shape index (κ1) is 9.71. The molecule has 2 aromatic rings. The summed E-state index contributed by atoms with van der Waals surface area (Å²) < 4.78 is 1.67. The molecule has 0 bridgehead atoms. The average molecular weight is 202 g/mol. The molecular formula is C11H14N4. The number of hydrogen-bond acceptors (Lipinski definition) is 3. The number of benzene rings is 1. The molecule has 1 aromatic carbocycles. The minimum absolute atomic E-state index is 0.449. The molecule has 1 aromatic heterocycles. The molecule has 2 N–H and O–H groups in total. The summed E-state index contributed by atoms with van der Waals surface area (Å²) in [6, 6.07) is 9.79. The quantitative estimate of drug-likeness (QED) is 0.825. The Balaban J connectivity index is 2.36. The van der Waals surface area contributed by atoms with Gasteiger partial charge in [0.1, 0.15) is 0 Å². The predicted octanol–water partition coefficient (Wildman–Crippen LogP) is 1.80. The smallest absolute Gasteiger partial charge is 0.223 e. The second-order valence-corrected chi connectivity index (χ2v) is 3.38. The fourth-order valence-corrected chi connectivity index (χ4v) is 1.46. The lowest BCUT2D eigenvalue weighted by atomic mass is 10.3. The van der Waals surface area contributed by atoms with Crippen molar-refractivity contribution in [1.82, 2.24) is 14.8 Å². The monoisotopic (exact) mass is 202 g/mol. The molecular weight excluding hydrogens is 188 g/mol. The zero-order valence-corrected chi connectivity index (χ0v) is 8.72. The van der Waals surface area contributed by atoms with Crippen LogP contribution in [0.3, 0.4) is 0 Å². The van der Waals surface area contributed by atoms with E-state index < -0.39 is 0 Å². The van der Waals surface area contributed by atoms with Crippen LogP contribution in [-0.4, -0.2) is 14.8 Å². The fraction of sp³-hybridized carbons (Fsp3) is 0.273. The number of para-hydroxylation sites is 1. The molecule has 0 aliphatic rings. The number of rotatable bonds is 3. The summed E-state index contributed by atoms with van der Waals surface area (Å²) in [6.07, 6.45) is 1.89. The standard InChI is InChI=1S/C11H14N4/c1-2-6-10-13-11(12)15(14-10)9-7-4-3-5-8-9/h3-5,7-8H,2,6H2,1H3,(H2,12,13,14). The number of aromatic nitrogens is 3. The zero-order valence-electron chi connectivity index (χ0n) is 8.72. The third-order valence-electron chi connectivity index (χ3n) is 2.15. The molecule has 0 aliphatic heterocycles. The van der Waals surface area contributed by atoms with Crippen LogP contribution in [0.2, 0.25) is 0 Å². The Bertz CT molecular complexity index is 433. The molecule has 0 saturated carbocycles.